The fourth-order valence-electron chi connectivity index (χ4n) is 2.36. The Morgan fingerprint density at radius 2 is 1.76 bits per heavy atom. The van der Waals surface area contributed by atoms with Crippen molar-refractivity contribution >= 4 is 29.1 Å². The lowest BCUT2D eigenvalue weighted by molar-refractivity contribution is 0.0914. The Bertz CT molecular complexity index is 803. The lowest BCUT2D eigenvalue weighted by Crippen LogP contribution is -2.41. The summed E-state index contributed by atoms with van der Waals surface area (Å²) >= 11 is 6.23. The molecule has 0 spiro atoms. The van der Waals surface area contributed by atoms with Gasteiger partial charge in [-0.25, -0.2) is 0 Å². The molecule has 0 radical (unpaired) electrons. The topological polar surface area (TPSA) is 71.1 Å². The third-order valence-corrected chi connectivity index (χ3v) is 3.71. The van der Waals surface area contributed by atoms with Gasteiger partial charge in [0, 0.05) is 17.3 Å². The van der Waals surface area contributed by atoms with Gasteiger partial charge in [-0.05, 0) is 63.9 Å². The molecule has 6 heteroatoms. The molecule has 0 aliphatic carbocycles. The number of anilines is 1. The van der Waals surface area contributed by atoms with Gasteiger partial charge >= 0.3 is 0 Å². The van der Waals surface area contributed by atoms with Crippen molar-refractivity contribution in [3.8, 4) is 0 Å². The van der Waals surface area contributed by atoms with Crippen LogP contribution in [0.2, 0.25) is 5.02 Å². The van der Waals surface area contributed by atoms with Crippen LogP contribution in [0, 0.1) is 13.8 Å². The number of halogens is 1. The molecule has 2 aromatic rings. The molecule has 1 aromatic carbocycles. The Labute approximate surface area is 152 Å². The van der Waals surface area contributed by atoms with E-state index in [1.54, 1.807) is 12.1 Å². The maximum Gasteiger partial charge on any atom is 0.270 e. The van der Waals surface area contributed by atoms with Crippen molar-refractivity contribution in [3.05, 3.63) is 57.9 Å². The molecule has 25 heavy (non-hydrogen) atoms. The molecule has 2 amide bonds. The van der Waals surface area contributed by atoms with Crippen LogP contribution in [-0.4, -0.2) is 22.3 Å². The second-order valence-corrected chi connectivity index (χ2v) is 7.43. The average molecular weight is 360 g/mol. The second-order valence-electron chi connectivity index (χ2n) is 7.03. The van der Waals surface area contributed by atoms with Crippen LogP contribution in [0.1, 0.15) is 52.7 Å². The van der Waals surface area contributed by atoms with Gasteiger partial charge in [0.2, 0.25) is 0 Å². The number of hydrogen-bond donors (Lipinski definition) is 2. The first-order valence-corrected chi connectivity index (χ1v) is 8.31. The maximum atomic E-state index is 12.5. The number of aromatic nitrogens is 1. The molecule has 0 saturated heterocycles. The minimum absolute atomic E-state index is 0.189. The summed E-state index contributed by atoms with van der Waals surface area (Å²) in [5, 5.41) is 6.10. The summed E-state index contributed by atoms with van der Waals surface area (Å²) in [6.07, 6.45) is 1.44. The Balaban J connectivity index is 2.24. The largest absolute Gasteiger partial charge is 0.346 e. The van der Waals surface area contributed by atoms with Crippen molar-refractivity contribution in [2.75, 3.05) is 5.32 Å². The van der Waals surface area contributed by atoms with Crippen LogP contribution in [0.25, 0.3) is 0 Å². The van der Waals surface area contributed by atoms with Crippen molar-refractivity contribution in [3.63, 3.8) is 0 Å². The number of hydrogen-bond acceptors (Lipinski definition) is 3. The van der Waals surface area contributed by atoms with Crippen LogP contribution >= 0.6 is 11.6 Å². The number of nitrogens with one attached hydrogen (secondary N) is 2. The highest BCUT2D eigenvalue weighted by Gasteiger charge is 2.18. The summed E-state index contributed by atoms with van der Waals surface area (Å²) in [6, 6.07) is 6.75. The van der Waals surface area contributed by atoms with Crippen LogP contribution in [0.4, 0.5) is 5.69 Å². The van der Waals surface area contributed by atoms with E-state index < -0.39 is 0 Å². The third-order valence-electron chi connectivity index (χ3n) is 3.41. The quantitative estimate of drug-likeness (QED) is 0.865. The molecule has 2 N–H and O–H groups in total. The standard InChI is InChI=1S/C19H22ClN3O2/c1-11-8-12(2)16(14(20)9-11)22-17(24)13-6-7-21-15(10-13)18(25)23-19(3,4)5/h6-10H,1-5H3,(H,22,24)(H,23,25). The molecule has 0 aliphatic rings. The number of pyridine rings is 1. The van der Waals surface area contributed by atoms with Crippen LogP contribution < -0.4 is 10.6 Å². The van der Waals surface area contributed by atoms with Crippen molar-refractivity contribution in [2.45, 2.75) is 40.2 Å². The first kappa shape index (κ1) is 18.9. The van der Waals surface area contributed by atoms with Crippen LogP contribution in [-0.2, 0) is 0 Å². The highest BCUT2D eigenvalue weighted by molar-refractivity contribution is 6.34. The van der Waals surface area contributed by atoms with Crippen molar-refractivity contribution in [1.29, 1.82) is 0 Å². The molecule has 0 aliphatic heterocycles. The Kier molecular flexibility index (Phi) is 5.48. The SMILES string of the molecule is Cc1cc(C)c(NC(=O)c2ccnc(C(=O)NC(C)(C)C)c2)c(Cl)c1. The van der Waals surface area contributed by atoms with E-state index in [1.165, 1.54) is 12.3 Å². The predicted octanol–water partition coefficient (Wildman–Crippen LogP) is 4.13. The van der Waals surface area contributed by atoms with Gasteiger partial charge in [0.05, 0.1) is 10.7 Å². The summed E-state index contributed by atoms with van der Waals surface area (Å²) in [7, 11) is 0. The predicted molar refractivity (Wildman–Crippen MR) is 100 cm³/mol. The van der Waals surface area contributed by atoms with E-state index in [1.807, 2.05) is 40.7 Å². The Morgan fingerprint density at radius 1 is 1.08 bits per heavy atom. The molecule has 0 bridgehead atoms. The van der Waals surface area contributed by atoms with E-state index in [2.05, 4.69) is 15.6 Å². The van der Waals surface area contributed by atoms with Gasteiger partial charge in [0.1, 0.15) is 5.69 Å². The maximum absolute atomic E-state index is 12.5. The Hall–Kier alpha value is -2.40. The number of nitrogens with zero attached hydrogens (tertiary/aromatic N) is 1. The minimum atomic E-state index is -0.385. The molecule has 1 heterocycles. The molecule has 132 valence electrons. The summed E-state index contributed by atoms with van der Waals surface area (Å²) in [6.45, 7) is 9.45. The van der Waals surface area contributed by atoms with E-state index in [0.717, 1.165) is 11.1 Å². The lowest BCUT2D eigenvalue weighted by Gasteiger charge is -2.20. The fraction of sp³-hybridized carbons (Fsp3) is 0.316. The van der Waals surface area contributed by atoms with Gasteiger partial charge in [-0.3, -0.25) is 14.6 Å². The first-order valence-electron chi connectivity index (χ1n) is 7.93. The third kappa shape index (κ3) is 5.03. The van der Waals surface area contributed by atoms with Crippen LogP contribution in [0.3, 0.4) is 0 Å². The van der Waals surface area contributed by atoms with Gasteiger partial charge in [-0.2, -0.15) is 0 Å². The van der Waals surface area contributed by atoms with Crippen molar-refractivity contribution in [2.24, 2.45) is 0 Å². The zero-order valence-electron chi connectivity index (χ0n) is 15.0. The van der Waals surface area contributed by atoms with Gasteiger partial charge in [-0.1, -0.05) is 17.7 Å². The normalized spacial score (nSPS) is 11.1. The highest BCUT2D eigenvalue weighted by atomic mass is 35.5. The molecule has 0 saturated carbocycles. The van der Waals surface area contributed by atoms with Crippen LogP contribution in [0.15, 0.2) is 30.5 Å². The van der Waals surface area contributed by atoms with E-state index in [0.29, 0.717) is 16.3 Å². The van der Waals surface area contributed by atoms with E-state index in [9.17, 15) is 9.59 Å². The fourth-order valence-corrected chi connectivity index (χ4v) is 2.73. The summed E-state index contributed by atoms with van der Waals surface area (Å²) in [5.74, 6) is -0.673. The van der Waals surface area contributed by atoms with Gasteiger partial charge in [-0.15, -0.1) is 0 Å². The molecule has 1 aromatic heterocycles. The van der Waals surface area contributed by atoms with Gasteiger partial charge in [0.25, 0.3) is 11.8 Å². The zero-order chi connectivity index (χ0) is 18.8. The highest BCUT2D eigenvalue weighted by Crippen LogP contribution is 2.27. The monoisotopic (exact) mass is 359 g/mol. The number of carbonyl (C=O) groups is 2. The first-order chi connectivity index (χ1) is 11.6. The van der Waals surface area contributed by atoms with Crippen molar-refractivity contribution in [1.82, 2.24) is 10.3 Å². The van der Waals surface area contributed by atoms with Crippen LogP contribution in [0.5, 0.6) is 0 Å². The number of benzene rings is 1. The number of amides is 2. The number of rotatable bonds is 3. The summed E-state index contributed by atoms with van der Waals surface area (Å²) in [4.78, 5) is 28.8. The summed E-state index contributed by atoms with van der Waals surface area (Å²) in [5.41, 5.74) is 2.60. The molecular weight excluding hydrogens is 338 g/mol. The van der Waals surface area contributed by atoms with E-state index >= 15 is 0 Å². The smallest absolute Gasteiger partial charge is 0.270 e. The van der Waals surface area contributed by atoms with E-state index in [-0.39, 0.29) is 23.0 Å². The lowest BCUT2D eigenvalue weighted by atomic mass is 10.1. The molecule has 0 atom stereocenters. The second kappa shape index (κ2) is 7.23. The number of aryl methyl sites for hydroxylation is 2. The molecule has 2 rings (SSSR count). The van der Waals surface area contributed by atoms with Crippen molar-refractivity contribution < 1.29 is 9.59 Å². The van der Waals surface area contributed by atoms with E-state index in [4.69, 9.17) is 11.6 Å². The van der Waals surface area contributed by atoms with Gasteiger partial charge < -0.3 is 10.6 Å². The number of carbonyl (C=O) groups excluding carboxylic acids is 2. The molecule has 5 nitrogen and oxygen atoms in total. The zero-order valence-corrected chi connectivity index (χ0v) is 15.8. The summed E-state index contributed by atoms with van der Waals surface area (Å²) < 4.78 is 0. The minimum Gasteiger partial charge on any atom is -0.346 e. The molecule has 0 unspecified atom stereocenters. The molecular formula is C19H22ClN3O2. The molecule has 0 fully saturated rings. The van der Waals surface area contributed by atoms with Gasteiger partial charge in [0.15, 0.2) is 0 Å². The Morgan fingerprint density at radius 3 is 2.36 bits per heavy atom. The average Bonchev–Trinajstić information content (AvgIpc) is 2.49.